The lowest BCUT2D eigenvalue weighted by Crippen LogP contribution is -2.10. The van der Waals surface area contributed by atoms with Crippen LogP contribution in [0.5, 0.6) is 5.75 Å². The summed E-state index contributed by atoms with van der Waals surface area (Å²) in [5, 5.41) is 11.0. The van der Waals surface area contributed by atoms with Crippen LogP contribution in [0.3, 0.4) is 0 Å². The van der Waals surface area contributed by atoms with Crippen LogP contribution in [0.2, 0.25) is 5.02 Å². The fourth-order valence-electron chi connectivity index (χ4n) is 1.79. The molecule has 3 N–H and O–H groups in total. The number of halogens is 1. The van der Waals surface area contributed by atoms with E-state index in [0.29, 0.717) is 29.8 Å². The smallest absolute Gasteiger partial charge is 0.217 e. The zero-order chi connectivity index (χ0) is 13.1. The van der Waals surface area contributed by atoms with Crippen molar-refractivity contribution in [2.24, 2.45) is 5.73 Å². The first-order valence-corrected chi connectivity index (χ1v) is 6.01. The van der Waals surface area contributed by atoms with Crippen LogP contribution in [0.4, 0.5) is 0 Å². The SMILES string of the molecule is NC(=O)CCCc1ccc2c(Cl)ccc(O)c2n1. The van der Waals surface area contributed by atoms with E-state index in [0.717, 1.165) is 11.1 Å². The Morgan fingerprint density at radius 3 is 2.83 bits per heavy atom. The molecule has 1 aromatic carbocycles. The summed E-state index contributed by atoms with van der Waals surface area (Å²) in [5.74, 6) is -0.215. The van der Waals surface area contributed by atoms with E-state index in [-0.39, 0.29) is 11.7 Å². The molecule has 0 spiro atoms. The van der Waals surface area contributed by atoms with Crippen molar-refractivity contribution in [3.63, 3.8) is 0 Å². The Balaban J connectivity index is 2.27. The van der Waals surface area contributed by atoms with Gasteiger partial charge in [-0.25, -0.2) is 4.98 Å². The molecule has 0 aliphatic rings. The molecule has 0 saturated heterocycles. The van der Waals surface area contributed by atoms with Crippen LogP contribution < -0.4 is 5.73 Å². The number of aromatic hydroxyl groups is 1. The van der Waals surface area contributed by atoms with Crippen LogP contribution in [0.1, 0.15) is 18.5 Å². The molecule has 0 atom stereocenters. The lowest BCUT2D eigenvalue weighted by atomic mass is 10.1. The van der Waals surface area contributed by atoms with Gasteiger partial charge in [0.05, 0.1) is 5.02 Å². The van der Waals surface area contributed by atoms with Gasteiger partial charge in [-0.2, -0.15) is 0 Å². The number of fused-ring (bicyclic) bond motifs is 1. The van der Waals surface area contributed by atoms with Crippen molar-refractivity contribution >= 4 is 28.4 Å². The average Bonchev–Trinajstić information content (AvgIpc) is 2.34. The van der Waals surface area contributed by atoms with Gasteiger partial charge in [0.2, 0.25) is 5.91 Å². The fourth-order valence-corrected chi connectivity index (χ4v) is 2.01. The van der Waals surface area contributed by atoms with Crippen LogP contribution in [0, 0.1) is 0 Å². The van der Waals surface area contributed by atoms with Crippen molar-refractivity contribution in [1.82, 2.24) is 4.98 Å². The summed E-state index contributed by atoms with van der Waals surface area (Å²) < 4.78 is 0. The van der Waals surface area contributed by atoms with Crippen LogP contribution in [-0.2, 0) is 11.2 Å². The highest BCUT2D eigenvalue weighted by Gasteiger charge is 2.07. The largest absolute Gasteiger partial charge is 0.506 e. The minimum Gasteiger partial charge on any atom is -0.506 e. The molecule has 0 radical (unpaired) electrons. The van der Waals surface area contributed by atoms with Crippen molar-refractivity contribution in [2.75, 3.05) is 0 Å². The summed E-state index contributed by atoms with van der Waals surface area (Å²) in [6.45, 7) is 0. The van der Waals surface area contributed by atoms with Gasteiger partial charge in [-0.3, -0.25) is 4.79 Å². The van der Waals surface area contributed by atoms with E-state index < -0.39 is 0 Å². The fraction of sp³-hybridized carbons (Fsp3) is 0.231. The van der Waals surface area contributed by atoms with E-state index in [2.05, 4.69) is 4.98 Å². The number of aryl methyl sites for hydroxylation is 1. The Bertz CT molecular complexity index is 599. The van der Waals surface area contributed by atoms with Crippen molar-refractivity contribution in [3.05, 3.63) is 35.0 Å². The molecule has 1 amide bonds. The van der Waals surface area contributed by atoms with E-state index in [1.807, 2.05) is 12.1 Å². The van der Waals surface area contributed by atoms with E-state index in [9.17, 15) is 9.90 Å². The summed E-state index contributed by atoms with van der Waals surface area (Å²) in [5.41, 5.74) is 6.37. The van der Waals surface area contributed by atoms with Crippen LogP contribution >= 0.6 is 11.6 Å². The minimum atomic E-state index is -0.318. The highest BCUT2D eigenvalue weighted by Crippen LogP contribution is 2.29. The Kier molecular flexibility index (Phi) is 3.67. The molecule has 18 heavy (non-hydrogen) atoms. The van der Waals surface area contributed by atoms with Crippen LogP contribution in [-0.4, -0.2) is 16.0 Å². The molecule has 2 rings (SSSR count). The molecule has 2 aromatic rings. The number of rotatable bonds is 4. The normalized spacial score (nSPS) is 10.7. The number of carbonyl (C=O) groups is 1. The second-order valence-electron chi connectivity index (χ2n) is 4.09. The van der Waals surface area contributed by atoms with Crippen LogP contribution in [0.25, 0.3) is 10.9 Å². The predicted molar refractivity (Wildman–Crippen MR) is 70.6 cm³/mol. The number of hydrogen-bond donors (Lipinski definition) is 2. The molecule has 1 aromatic heterocycles. The number of phenols is 1. The van der Waals surface area contributed by atoms with Crippen molar-refractivity contribution in [1.29, 1.82) is 0 Å². The lowest BCUT2D eigenvalue weighted by molar-refractivity contribution is -0.118. The number of benzene rings is 1. The molecule has 1 heterocycles. The summed E-state index contributed by atoms with van der Waals surface area (Å²) in [6.07, 6.45) is 1.63. The van der Waals surface area contributed by atoms with Gasteiger partial charge >= 0.3 is 0 Å². The standard InChI is InChI=1S/C13H13ClN2O2/c14-10-6-7-11(17)13-9(10)5-4-8(16-13)2-1-3-12(15)18/h4-7,17H,1-3H2,(H2,15,18). The van der Waals surface area contributed by atoms with Crippen LogP contribution in [0.15, 0.2) is 24.3 Å². The number of pyridine rings is 1. The molecule has 0 aliphatic heterocycles. The maximum Gasteiger partial charge on any atom is 0.217 e. The highest BCUT2D eigenvalue weighted by molar-refractivity contribution is 6.35. The number of carbonyl (C=O) groups excluding carboxylic acids is 1. The van der Waals surface area contributed by atoms with Crippen molar-refractivity contribution in [3.8, 4) is 5.75 Å². The first kappa shape index (κ1) is 12.6. The van der Waals surface area contributed by atoms with E-state index >= 15 is 0 Å². The quantitative estimate of drug-likeness (QED) is 0.890. The number of phenolic OH excluding ortho intramolecular Hbond substituents is 1. The molecule has 94 valence electrons. The van der Waals surface area contributed by atoms with Gasteiger partial charge in [-0.1, -0.05) is 11.6 Å². The van der Waals surface area contributed by atoms with Gasteiger partial charge in [0.1, 0.15) is 11.3 Å². The van der Waals surface area contributed by atoms with Gasteiger partial charge in [0.15, 0.2) is 0 Å². The monoisotopic (exact) mass is 264 g/mol. The molecule has 5 heteroatoms. The van der Waals surface area contributed by atoms with Crippen molar-refractivity contribution in [2.45, 2.75) is 19.3 Å². The predicted octanol–water partition coefficient (Wildman–Crippen LogP) is 2.40. The Hall–Kier alpha value is -1.81. The maximum atomic E-state index is 10.6. The third-order valence-corrected chi connectivity index (χ3v) is 3.03. The zero-order valence-corrected chi connectivity index (χ0v) is 10.4. The summed E-state index contributed by atoms with van der Waals surface area (Å²) >= 11 is 6.01. The molecule has 0 fully saturated rings. The third-order valence-electron chi connectivity index (χ3n) is 2.70. The van der Waals surface area contributed by atoms with Gasteiger partial charge in [0, 0.05) is 17.5 Å². The van der Waals surface area contributed by atoms with E-state index in [1.54, 1.807) is 6.07 Å². The summed E-state index contributed by atoms with van der Waals surface area (Å²) in [4.78, 5) is 15.0. The van der Waals surface area contributed by atoms with Gasteiger partial charge in [0.25, 0.3) is 0 Å². The van der Waals surface area contributed by atoms with Gasteiger partial charge in [-0.05, 0) is 37.1 Å². The molecule has 0 unspecified atom stereocenters. The molecular weight excluding hydrogens is 252 g/mol. The Morgan fingerprint density at radius 1 is 1.33 bits per heavy atom. The number of primary amides is 1. The first-order valence-electron chi connectivity index (χ1n) is 5.63. The maximum absolute atomic E-state index is 10.6. The number of nitrogens with two attached hydrogens (primary N) is 1. The Morgan fingerprint density at radius 2 is 2.11 bits per heavy atom. The summed E-state index contributed by atoms with van der Waals surface area (Å²) in [6, 6.07) is 6.82. The second kappa shape index (κ2) is 5.23. The molecule has 4 nitrogen and oxygen atoms in total. The Labute approximate surface area is 109 Å². The van der Waals surface area contributed by atoms with Gasteiger partial charge in [-0.15, -0.1) is 0 Å². The molecular formula is C13H13ClN2O2. The molecule has 0 aliphatic carbocycles. The molecule has 0 bridgehead atoms. The zero-order valence-electron chi connectivity index (χ0n) is 9.69. The number of amides is 1. The molecule has 0 saturated carbocycles. The highest BCUT2D eigenvalue weighted by atomic mass is 35.5. The minimum absolute atomic E-state index is 0.103. The number of nitrogens with zero attached hydrogens (tertiary/aromatic N) is 1. The van der Waals surface area contributed by atoms with Crippen molar-refractivity contribution < 1.29 is 9.90 Å². The second-order valence-corrected chi connectivity index (χ2v) is 4.49. The summed E-state index contributed by atoms with van der Waals surface area (Å²) in [7, 11) is 0. The number of aromatic nitrogens is 1. The number of hydrogen-bond acceptors (Lipinski definition) is 3. The first-order chi connectivity index (χ1) is 8.58. The average molecular weight is 265 g/mol. The van der Waals surface area contributed by atoms with Gasteiger partial charge < -0.3 is 10.8 Å². The van der Waals surface area contributed by atoms with E-state index in [1.165, 1.54) is 6.07 Å². The van der Waals surface area contributed by atoms with E-state index in [4.69, 9.17) is 17.3 Å². The topological polar surface area (TPSA) is 76.2 Å². The third kappa shape index (κ3) is 2.71. The lowest BCUT2D eigenvalue weighted by Gasteiger charge is -2.05.